The van der Waals surface area contributed by atoms with E-state index in [1.165, 1.54) is 12.1 Å². The van der Waals surface area contributed by atoms with Gasteiger partial charge in [-0.1, -0.05) is 0 Å². The number of anilines is 1. The second-order valence-electron chi connectivity index (χ2n) is 5.39. The zero-order valence-corrected chi connectivity index (χ0v) is 12.5. The summed E-state index contributed by atoms with van der Waals surface area (Å²) in [6.07, 6.45) is 5.20. The Hall–Kier alpha value is -3.02. The highest BCUT2D eigenvalue weighted by atomic mass is 19.1. The summed E-state index contributed by atoms with van der Waals surface area (Å²) in [5.41, 5.74) is 1.57. The molecule has 2 aromatic carbocycles. The molecular weight excluding hydrogens is 315 g/mol. The van der Waals surface area contributed by atoms with Crippen molar-refractivity contribution in [2.24, 2.45) is 4.99 Å². The third-order valence-corrected chi connectivity index (χ3v) is 3.90. The lowest BCUT2D eigenvalue weighted by atomic mass is 10.1. The molecule has 0 fully saturated rings. The Morgan fingerprint density at radius 1 is 0.917 bits per heavy atom. The van der Waals surface area contributed by atoms with Gasteiger partial charge in [-0.3, -0.25) is 5.01 Å². The van der Waals surface area contributed by atoms with Gasteiger partial charge in [0.1, 0.15) is 23.3 Å². The third-order valence-electron chi connectivity index (χ3n) is 3.90. The van der Waals surface area contributed by atoms with E-state index in [1.54, 1.807) is 34.4 Å². The molecule has 24 heavy (non-hydrogen) atoms. The van der Waals surface area contributed by atoms with Crippen molar-refractivity contribution in [3.63, 3.8) is 0 Å². The van der Waals surface area contributed by atoms with Crippen LogP contribution in [-0.2, 0) is 0 Å². The van der Waals surface area contributed by atoms with Crippen LogP contribution in [0.25, 0.3) is 5.70 Å². The van der Waals surface area contributed by atoms with Crippen LogP contribution in [0, 0.1) is 17.5 Å². The van der Waals surface area contributed by atoms with E-state index in [1.807, 2.05) is 6.08 Å². The highest BCUT2D eigenvalue weighted by Crippen LogP contribution is 2.36. The van der Waals surface area contributed by atoms with Crippen LogP contribution >= 0.6 is 0 Å². The van der Waals surface area contributed by atoms with E-state index in [9.17, 15) is 13.2 Å². The molecular formula is C18H12F3N3. The minimum atomic E-state index is -0.529. The van der Waals surface area contributed by atoms with Gasteiger partial charge in [-0.05, 0) is 48.6 Å². The van der Waals surface area contributed by atoms with Crippen LogP contribution in [0.2, 0.25) is 0 Å². The Kier molecular flexibility index (Phi) is 3.37. The van der Waals surface area contributed by atoms with Gasteiger partial charge in [-0.15, -0.1) is 0 Å². The van der Waals surface area contributed by atoms with E-state index in [2.05, 4.69) is 4.99 Å². The first-order valence-electron chi connectivity index (χ1n) is 7.36. The van der Waals surface area contributed by atoms with Crippen LogP contribution in [0.3, 0.4) is 0 Å². The van der Waals surface area contributed by atoms with E-state index in [-0.39, 0.29) is 11.5 Å². The minimum Gasteiger partial charge on any atom is -0.272 e. The number of hydrogen-bond acceptors (Lipinski definition) is 3. The number of halogens is 3. The van der Waals surface area contributed by atoms with Gasteiger partial charge in [0.15, 0.2) is 0 Å². The number of rotatable bonds is 2. The first-order chi connectivity index (χ1) is 11.6. The number of hydrazine groups is 1. The summed E-state index contributed by atoms with van der Waals surface area (Å²) in [6.45, 7) is 0.353. The molecule has 2 heterocycles. The number of allylic oxidation sites excluding steroid dienone is 1. The van der Waals surface area contributed by atoms with Crippen LogP contribution in [0.4, 0.5) is 18.9 Å². The highest BCUT2D eigenvalue weighted by molar-refractivity contribution is 5.88. The smallest absolute Gasteiger partial charge is 0.149 e. The van der Waals surface area contributed by atoms with Crippen molar-refractivity contribution >= 4 is 17.6 Å². The Morgan fingerprint density at radius 2 is 1.67 bits per heavy atom. The maximum atomic E-state index is 14.2. The van der Waals surface area contributed by atoms with Crippen molar-refractivity contribution in [3.8, 4) is 0 Å². The van der Waals surface area contributed by atoms with Gasteiger partial charge in [0.25, 0.3) is 0 Å². The quantitative estimate of drug-likeness (QED) is 0.827. The predicted octanol–water partition coefficient (Wildman–Crippen LogP) is 4.11. The number of aliphatic imine (C=N–C) groups is 1. The zero-order chi connectivity index (χ0) is 16.7. The summed E-state index contributed by atoms with van der Waals surface area (Å²) >= 11 is 0. The fourth-order valence-corrected chi connectivity index (χ4v) is 2.80. The fraction of sp³-hybridized carbons (Fsp3) is 0.0556. The average Bonchev–Trinajstić information content (AvgIpc) is 3.02. The van der Waals surface area contributed by atoms with Crippen molar-refractivity contribution in [2.45, 2.75) is 0 Å². The van der Waals surface area contributed by atoms with Crippen molar-refractivity contribution in [1.82, 2.24) is 5.01 Å². The van der Waals surface area contributed by atoms with Gasteiger partial charge < -0.3 is 0 Å². The Bertz CT molecular complexity index is 885. The van der Waals surface area contributed by atoms with Crippen molar-refractivity contribution in [1.29, 1.82) is 0 Å². The largest absolute Gasteiger partial charge is 0.272 e. The fourth-order valence-electron chi connectivity index (χ4n) is 2.80. The number of nitrogens with zero attached hydrogens (tertiary/aromatic N) is 3. The van der Waals surface area contributed by atoms with Crippen molar-refractivity contribution < 1.29 is 13.2 Å². The maximum Gasteiger partial charge on any atom is 0.149 e. The maximum absolute atomic E-state index is 14.2. The predicted molar refractivity (Wildman–Crippen MR) is 86.5 cm³/mol. The molecule has 4 rings (SSSR count). The molecule has 0 saturated heterocycles. The van der Waals surface area contributed by atoms with Crippen molar-refractivity contribution in [2.75, 3.05) is 11.6 Å². The standard InChI is InChI=1S/C18H12F3N3/c19-13-3-1-12(2-4-13)16-7-9-22-18-8-10-23(24(16)18)17-11-14(20)5-6-15(17)21/h1-9,11H,10H2. The molecule has 0 atom stereocenters. The molecule has 0 amide bonds. The van der Waals surface area contributed by atoms with Gasteiger partial charge in [0, 0.05) is 17.8 Å². The van der Waals surface area contributed by atoms with E-state index in [4.69, 9.17) is 0 Å². The third kappa shape index (κ3) is 2.36. The van der Waals surface area contributed by atoms with E-state index in [0.29, 0.717) is 18.1 Å². The van der Waals surface area contributed by atoms with Crippen LogP contribution in [-0.4, -0.2) is 17.8 Å². The molecule has 120 valence electrons. The Labute approximate surface area is 136 Å². The van der Waals surface area contributed by atoms with Gasteiger partial charge in [0.05, 0.1) is 17.9 Å². The molecule has 3 nitrogen and oxygen atoms in total. The number of fused-ring (bicyclic) bond motifs is 1. The topological polar surface area (TPSA) is 18.8 Å². The van der Waals surface area contributed by atoms with Crippen LogP contribution in [0.15, 0.2) is 65.4 Å². The lowest BCUT2D eigenvalue weighted by Crippen LogP contribution is -2.37. The Balaban J connectivity index is 1.78. The Morgan fingerprint density at radius 3 is 2.46 bits per heavy atom. The number of hydrogen-bond donors (Lipinski definition) is 0. The molecule has 2 aliphatic heterocycles. The summed E-state index contributed by atoms with van der Waals surface area (Å²) in [5.74, 6) is -0.777. The van der Waals surface area contributed by atoms with Crippen LogP contribution in [0.1, 0.15) is 5.56 Å². The molecule has 0 unspecified atom stereocenters. The second-order valence-corrected chi connectivity index (χ2v) is 5.39. The first-order valence-corrected chi connectivity index (χ1v) is 7.36. The van der Waals surface area contributed by atoms with E-state index in [0.717, 1.165) is 23.8 Å². The van der Waals surface area contributed by atoms with Crippen LogP contribution in [0.5, 0.6) is 0 Å². The zero-order valence-electron chi connectivity index (χ0n) is 12.5. The second kappa shape index (κ2) is 5.56. The summed E-state index contributed by atoms with van der Waals surface area (Å²) in [4.78, 5) is 4.27. The molecule has 0 bridgehead atoms. The molecule has 0 radical (unpaired) electrons. The minimum absolute atomic E-state index is 0.117. The average molecular weight is 327 g/mol. The molecule has 0 saturated carbocycles. The molecule has 0 spiro atoms. The van der Waals surface area contributed by atoms with Crippen LogP contribution < -0.4 is 5.01 Å². The SMILES string of the molecule is Fc1ccc(C2=CC=NC3=CCN(c4cc(F)ccc4F)N32)cc1. The molecule has 2 aromatic rings. The summed E-state index contributed by atoms with van der Waals surface area (Å²) < 4.78 is 41.0. The normalized spacial score (nSPS) is 16.1. The van der Waals surface area contributed by atoms with Gasteiger partial charge in [0.2, 0.25) is 0 Å². The van der Waals surface area contributed by atoms with Gasteiger partial charge >= 0.3 is 0 Å². The molecule has 0 aliphatic carbocycles. The van der Waals surface area contributed by atoms with Gasteiger partial charge in [-0.2, -0.15) is 0 Å². The first kappa shape index (κ1) is 14.6. The van der Waals surface area contributed by atoms with E-state index >= 15 is 0 Å². The monoisotopic (exact) mass is 327 g/mol. The van der Waals surface area contributed by atoms with Gasteiger partial charge in [-0.25, -0.2) is 23.2 Å². The summed E-state index contributed by atoms with van der Waals surface area (Å²) in [6, 6.07) is 9.30. The lowest BCUT2D eigenvalue weighted by Gasteiger charge is -2.35. The number of benzene rings is 2. The molecule has 0 aromatic heterocycles. The molecule has 6 heteroatoms. The highest BCUT2D eigenvalue weighted by Gasteiger charge is 2.31. The van der Waals surface area contributed by atoms with E-state index < -0.39 is 11.6 Å². The molecule has 2 aliphatic rings. The molecule has 0 N–H and O–H groups in total. The summed E-state index contributed by atoms with van der Waals surface area (Å²) in [5, 5.41) is 3.30. The van der Waals surface area contributed by atoms with Crippen molar-refractivity contribution in [3.05, 3.63) is 83.5 Å². The lowest BCUT2D eigenvalue weighted by molar-refractivity contribution is 0.471. The summed E-state index contributed by atoms with van der Waals surface area (Å²) in [7, 11) is 0.